The van der Waals surface area contributed by atoms with Gasteiger partial charge in [-0.1, -0.05) is 0 Å². The maximum absolute atomic E-state index is 12.1. The van der Waals surface area contributed by atoms with E-state index in [-0.39, 0.29) is 24.4 Å². The fourth-order valence-corrected chi connectivity index (χ4v) is 3.40. The molecule has 2 atom stereocenters. The summed E-state index contributed by atoms with van der Waals surface area (Å²) in [6.07, 6.45) is 2.88. The molecule has 19 heavy (non-hydrogen) atoms. The lowest BCUT2D eigenvalue weighted by Gasteiger charge is -2.22. The van der Waals surface area contributed by atoms with Crippen LogP contribution in [0.15, 0.2) is 11.4 Å². The van der Waals surface area contributed by atoms with Gasteiger partial charge in [-0.15, -0.1) is 23.7 Å². The minimum absolute atomic E-state index is 0. The Morgan fingerprint density at radius 2 is 2.11 bits per heavy atom. The van der Waals surface area contributed by atoms with E-state index >= 15 is 0 Å². The monoisotopic (exact) mass is 302 g/mol. The predicted molar refractivity (Wildman–Crippen MR) is 78.2 cm³/mol. The first kappa shape index (κ1) is 14.8. The standard InChI is InChI=1S/C13H18N2O2S.ClH/c14-11-6-10(11)12-5-8(7-18-12)13(16)15-9-1-3-17-4-2-9;/h5,7,9-11H,1-4,6,14H2,(H,15,16);1H/t10-,11-;/m1./s1. The normalized spacial score (nSPS) is 26.6. The molecular weight excluding hydrogens is 284 g/mol. The molecule has 1 saturated carbocycles. The Morgan fingerprint density at radius 1 is 1.42 bits per heavy atom. The number of rotatable bonds is 3. The molecule has 2 fully saturated rings. The van der Waals surface area contributed by atoms with Crippen LogP contribution in [0, 0.1) is 0 Å². The SMILES string of the molecule is Cl.N[C@@H]1C[C@H]1c1cc(C(=O)NC2CCOCC2)cs1. The lowest BCUT2D eigenvalue weighted by molar-refractivity contribution is 0.0696. The van der Waals surface area contributed by atoms with E-state index in [0.29, 0.717) is 12.0 Å². The maximum atomic E-state index is 12.1. The van der Waals surface area contributed by atoms with Crippen LogP contribution in [0.25, 0.3) is 0 Å². The third kappa shape index (κ3) is 3.48. The first-order valence-electron chi connectivity index (χ1n) is 6.46. The molecular formula is C13H19ClN2O2S. The molecule has 106 valence electrons. The van der Waals surface area contributed by atoms with E-state index in [4.69, 9.17) is 10.5 Å². The van der Waals surface area contributed by atoms with Gasteiger partial charge in [0, 0.05) is 41.5 Å². The molecule has 1 amide bonds. The fraction of sp³-hybridized carbons (Fsp3) is 0.615. The second-order valence-corrected chi connectivity index (χ2v) is 6.05. The number of carbonyl (C=O) groups excluding carboxylic acids is 1. The molecule has 0 bridgehead atoms. The van der Waals surface area contributed by atoms with Crippen LogP contribution in [0.3, 0.4) is 0 Å². The largest absolute Gasteiger partial charge is 0.381 e. The average Bonchev–Trinajstić information content (AvgIpc) is 2.93. The molecule has 1 aliphatic heterocycles. The van der Waals surface area contributed by atoms with Gasteiger partial charge in [-0.3, -0.25) is 4.79 Å². The molecule has 1 aliphatic carbocycles. The van der Waals surface area contributed by atoms with E-state index in [1.807, 2.05) is 11.4 Å². The number of nitrogens with two attached hydrogens (primary N) is 1. The van der Waals surface area contributed by atoms with Crippen LogP contribution in [0.1, 0.15) is 40.4 Å². The smallest absolute Gasteiger partial charge is 0.252 e. The number of hydrogen-bond acceptors (Lipinski definition) is 4. The summed E-state index contributed by atoms with van der Waals surface area (Å²) in [5.41, 5.74) is 6.60. The first-order chi connectivity index (χ1) is 8.74. The van der Waals surface area contributed by atoms with Gasteiger partial charge in [-0.05, 0) is 25.3 Å². The number of hydrogen-bond donors (Lipinski definition) is 2. The van der Waals surface area contributed by atoms with Crippen molar-refractivity contribution in [1.82, 2.24) is 5.32 Å². The van der Waals surface area contributed by atoms with E-state index < -0.39 is 0 Å². The molecule has 0 unspecified atom stereocenters. The Morgan fingerprint density at radius 3 is 2.74 bits per heavy atom. The van der Waals surface area contributed by atoms with Crippen molar-refractivity contribution >= 4 is 29.7 Å². The highest BCUT2D eigenvalue weighted by Gasteiger charge is 2.36. The highest BCUT2D eigenvalue weighted by atomic mass is 35.5. The number of amides is 1. The van der Waals surface area contributed by atoms with E-state index in [0.717, 1.165) is 38.0 Å². The maximum Gasteiger partial charge on any atom is 0.252 e. The van der Waals surface area contributed by atoms with Crippen molar-refractivity contribution in [2.45, 2.75) is 37.3 Å². The Labute approximate surface area is 123 Å². The Hall–Kier alpha value is -0.620. The number of halogens is 1. The zero-order valence-electron chi connectivity index (χ0n) is 10.6. The van der Waals surface area contributed by atoms with Gasteiger partial charge in [-0.2, -0.15) is 0 Å². The second-order valence-electron chi connectivity index (χ2n) is 5.10. The van der Waals surface area contributed by atoms with Crippen molar-refractivity contribution in [1.29, 1.82) is 0 Å². The molecule has 1 aromatic heterocycles. The summed E-state index contributed by atoms with van der Waals surface area (Å²) < 4.78 is 5.28. The van der Waals surface area contributed by atoms with Gasteiger partial charge in [0.15, 0.2) is 0 Å². The lowest BCUT2D eigenvalue weighted by atomic mass is 10.1. The van der Waals surface area contributed by atoms with Crippen molar-refractivity contribution in [3.05, 3.63) is 21.9 Å². The fourth-order valence-electron chi connectivity index (χ4n) is 2.32. The van der Waals surface area contributed by atoms with Gasteiger partial charge in [0.1, 0.15) is 0 Å². The van der Waals surface area contributed by atoms with Crippen LogP contribution < -0.4 is 11.1 Å². The van der Waals surface area contributed by atoms with Gasteiger partial charge < -0.3 is 15.8 Å². The molecule has 6 heteroatoms. The van der Waals surface area contributed by atoms with Crippen molar-refractivity contribution in [3.63, 3.8) is 0 Å². The molecule has 2 aliphatic rings. The van der Waals surface area contributed by atoms with Gasteiger partial charge >= 0.3 is 0 Å². The Bertz CT molecular complexity index is 446. The van der Waals surface area contributed by atoms with Crippen LogP contribution in [-0.4, -0.2) is 31.2 Å². The van der Waals surface area contributed by atoms with Crippen LogP contribution in [0.5, 0.6) is 0 Å². The van der Waals surface area contributed by atoms with Gasteiger partial charge in [-0.25, -0.2) is 0 Å². The Kier molecular flexibility index (Phi) is 4.84. The summed E-state index contributed by atoms with van der Waals surface area (Å²) in [7, 11) is 0. The third-order valence-electron chi connectivity index (χ3n) is 3.64. The molecule has 3 rings (SSSR count). The predicted octanol–water partition coefficient (Wildman–Crippen LogP) is 1.89. The van der Waals surface area contributed by atoms with Gasteiger partial charge in [0.2, 0.25) is 0 Å². The molecule has 2 heterocycles. The van der Waals surface area contributed by atoms with E-state index in [1.54, 1.807) is 11.3 Å². The van der Waals surface area contributed by atoms with Crippen molar-refractivity contribution in [3.8, 4) is 0 Å². The highest BCUT2D eigenvalue weighted by molar-refractivity contribution is 7.10. The second kappa shape index (κ2) is 6.22. The zero-order chi connectivity index (χ0) is 12.5. The average molecular weight is 303 g/mol. The number of nitrogens with one attached hydrogen (secondary N) is 1. The third-order valence-corrected chi connectivity index (χ3v) is 4.71. The Balaban J connectivity index is 0.00000133. The zero-order valence-corrected chi connectivity index (χ0v) is 12.3. The minimum Gasteiger partial charge on any atom is -0.381 e. The van der Waals surface area contributed by atoms with Crippen LogP contribution in [-0.2, 0) is 4.74 Å². The van der Waals surface area contributed by atoms with Gasteiger partial charge in [0.25, 0.3) is 5.91 Å². The minimum atomic E-state index is 0. The molecule has 0 radical (unpaired) electrons. The summed E-state index contributed by atoms with van der Waals surface area (Å²) in [4.78, 5) is 13.3. The molecule has 1 aromatic rings. The molecule has 4 nitrogen and oxygen atoms in total. The molecule has 1 saturated heterocycles. The summed E-state index contributed by atoms with van der Waals surface area (Å²) >= 11 is 1.65. The quantitative estimate of drug-likeness (QED) is 0.896. The van der Waals surface area contributed by atoms with Crippen molar-refractivity contribution in [2.24, 2.45) is 5.73 Å². The van der Waals surface area contributed by atoms with Crippen LogP contribution >= 0.6 is 23.7 Å². The highest BCUT2D eigenvalue weighted by Crippen LogP contribution is 2.41. The van der Waals surface area contributed by atoms with E-state index in [9.17, 15) is 4.79 Å². The van der Waals surface area contributed by atoms with Crippen molar-refractivity contribution in [2.75, 3.05) is 13.2 Å². The molecule has 0 aromatic carbocycles. The summed E-state index contributed by atoms with van der Waals surface area (Å²) in [5, 5.41) is 5.02. The summed E-state index contributed by atoms with van der Waals surface area (Å²) in [6, 6.07) is 2.56. The van der Waals surface area contributed by atoms with Crippen LogP contribution in [0.2, 0.25) is 0 Å². The van der Waals surface area contributed by atoms with Gasteiger partial charge in [0.05, 0.1) is 5.56 Å². The van der Waals surface area contributed by atoms with Crippen molar-refractivity contribution < 1.29 is 9.53 Å². The lowest BCUT2D eigenvalue weighted by Crippen LogP contribution is -2.38. The number of ether oxygens (including phenoxy) is 1. The summed E-state index contributed by atoms with van der Waals surface area (Å²) in [6.45, 7) is 1.49. The van der Waals surface area contributed by atoms with Crippen LogP contribution in [0.4, 0.5) is 0 Å². The molecule has 3 N–H and O–H groups in total. The van der Waals surface area contributed by atoms with E-state index in [2.05, 4.69) is 5.32 Å². The number of carbonyl (C=O) groups is 1. The van der Waals surface area contributed by atoms with E-state index in [1.165, 1.54) is 4.88 Å². The summed E-state index contributed by atoms with van der Waals surface area (Å²) in [5.74, 6) is 0.526. The number of thiophene rings is 1. The first-order valence-corrected chi connectivity index (χ1v) is 7.34. The topological polar surface area (TPSA) is 64.4 Å². The molecule has 0 spiro atoms.